The molecular weight excluding hydrogens is 514 g/mol. The molecule has 7 aromatic carbocycles. The number of hydrogen-bond donors (Lipinski definition) is 0. The van der Waals surface area contributed by atoms with Gasteiger partial charge in [0, 0.05) is 27.1 Å². The Hall–Kier alpha value is -5.74. The molecule has 10 aromatic rings. The van der Waals surface area contributed by atoms with Gasteiger partial charge in [0.2, 0.25) is 0 Å². The molecule has 0 radical (unpaired) electrons. The first kappa shape index (κ1) is 22.0. The van der Waals surface area contributed by atoms with E-state index < -0.39 is 0 Å². The second-order valence-corrected chi connectivity index (χ2v) is 11.0. The number of hydrogen-bond acceptors (Lipinski definition) is 3. The zero-order valence-corrected chi connectivity index (χ0v) is 22.4. The minimum absolute atomic E-state index is 0.819. The third-order valence-corrected chi connectivity index (χ3v) is 8.71. The topological polar surface area (TPSA) is 43.9 Å². The molecule has 0 fully saturated rings. The van der Waals surface area contributed by atoms with Crippen molar-refractivity contribution >= 4 is 76.3 Å². The summed E-state index contributed by atoms with van der Waals surface area (Å²) in [5.41, 5.74) is 7.56. The van der Waals surface area contributed by atoms with E-state index in [-0.39, 0.29) is 0 Å². The molecule has 42 heavy (non-hydrogen) atoms. The fraction of sp³-hybridized carbons (Fsp3) is 0. The summed E-state index contributed by atoms with van der Waals surface area (Å²) in [4.78, 5) is 10.6. The average Bonchev–Trinajstić information content (AvgIpc) is 3.30. The number of nitrogens with zero attached hydrogens (tertiary/aromatic N) is 3. The van der Waals surface area contributed by atoms with Crippen molar-refractivity contribution in [1.82, 2.24) is 14.5 Å². The Labute approximate surface area is 239 Å². The van der Waals surface area contributed by atoms with E-state index in [0.717, 1.165) is 71.9 Å². The van der Waals surface area contributed by atoms with Crippen molar-refractivity contribution in [2.24, 2.45) is 0 Å². The van der Waals surface area contributed by atoms with Gasteiger partial charge in [-0.25, -0.2) is 9.97 Å². The molecule has 3 heterocycles. The summed E-state index contributed by atoms with van der Waals surface area (Å²) >= 11 is 0. The lowest BCUT2D eigenvalue weighted by Gasteiger charge is -2.14. The Bertz CT molecular complexity index is 2590. The zero-order valence-electron chi connectivity index (χ0n) is 22.4. The second-order valence-electron chi connectivity index (χ2n) is 11.0. The largest absolute Gasteiger partial charge is 0.456 e. The van der Waals surface area contributed by atoms with E-state index >= 15 is 0 Å². The van der Waals surface area contributed by atoms with Gasteiger partial charge in [0.05, 0.1) is 22.1 Å². The predicted octanol–water partition coefficient (Wildman–Crippen LogP) is 10.0. The van der Waals surface area contributed by atoms with Gasteiger partial charge in [0.15, 0.2) is 5.82 Å². The van der Waals surface area contributed by atoms with Crippen LogP contribution in [0.2, 0.25) is 0 Å². The van der Waals surface area contributed by atoms with Gasteiger partial charge in [-0.1, -0.05) is 84.9 Å². The Morgan fingerprint density at radius 2 is 1.02 bits per heavy atom. The summed E-state index contributed by atoms with van der Waals surface area (Å²) in [5.74, 6) is 0.819. The normalized spacial score (nSPS) is 12.3. The van der Waals surface area contributed by atoms with Crippen molar-refractivity contribution < 1.29 is 4.42 Å². The van der Waals surface area contributed by atoms with Gasteiger partial charge in [-0.05, 0) is 64.0 Å². The van der Waals surface area contributed by atoms with E-state index in [4.69, 9.17) is 14.4 Å². The van der Waals surface area contributed by atoms with Crippen LogP contribution in [0.15, 0.2) is 132 Å². The van der Waals surface area contributed by atoms with Crippen LogP contribution in [0, 0.1) is 0 Å². The van der Waals surface area contributed by atoms with Crippen LogP contribution in [-0.2, 0) is 0 Å². The van der Waals surface area contributed by atoms with E-state index in [1.807, 2.05) is 24.3 Å². The molecule has 0 aliphatic carbocycles. The molecule has 0 unspecified atom stereocenters. The summed E-state index contributed by atoms with van der Waals surface area (Å²) in [6.45, 7) is 0. The van der Waals surface area contributed by atoms with E-state index in [1.54, 1.807) is 0 Å². The number of rotatable bonds is 2. The molecule has 0 aliphatic rings. The highest BCUT2D eigenvalue weighted by Crippen LogP contribution is 2.45. The maximum atomic E-state index is 6.61. The van der Waals surface area contributed by atoms with Gasteiger partial charge < -0.3 is 4.42 Å². The van der Waals surface area contributed by atoms with Gasteiger partial charge in [-0.2, -0.15) is 0 Å². The molecule has 0 saturated heterocycles. The van der Waals surface area contributed by atoms with Crippen LogP contribution in [0.3, 0.4) is 0 Å². The summed E-state index contributed by atoms with van der Waals surface area (Å²) in [7, 11) is 0. The van der Waals surface area contributed by atoms with Gasteiger partial charge in [-0.3, -0.25) is 4.57 Å². The first-order valence-corrected chi connectivity index (χ1v) is 14.2. The quantitative estimate of drug-likeness (QED) is 0.221. The van der Waals surface area contributed by atoms with Gasteiger partial charge in [-0.15, -0.1) is 0 Å². The lowest BCUT2D eigenvalue weighted by atomic mass is 10.00. The zero-order chi connectivity index (χ0) is 27.4. The number of para-hydroxylation sites is 2. The van der Waals surface area contributed by atoms with Crippen LogP contribution in [0.4, 0.5) is 0 Å². The third-order valence-electron chi connectivity index (χ3n) is 8.71. The molecule has 0 N–H and O–H groups in total. The standard InChI is InChI=1S/C38H21N3O/c1-2-8-25-21-26(16-15-22(25)7-1)37-38(40-28-12-4-3-11-27(28)39-37)41-29-19-17-23-9-5-13-31-33(23)35(29)36-30(41)20-18-24-10-6-14-32(42-31)34(24)36/h1-21H. The van der Waals surface area contributed by atoms with E-state index in [9.17, 15) is 0 Å². The monoisotopic (exact) mass is 535 g/mol. The van der Waals surface area contributed by atoms with E-state index in [0.29, 0.717) is 0 Å². The molecule has 0 spiro atoms. The van der Waals surface area contributed by atoms with E-state index in [1.165, 1.54) is 21.5 Å². The van der Waals surface area contributed by atoms with Crippen LogP contribution in [0.1, 0.15) is 0 Å². The highest BCUT2D eigenvalue weighted by Gasteiger charge is 2.24. The molecule has 0 amide bonds. The number of benzene rings is 7. The van der Waals surface area contributed by atoms with Crippen LogP contribution >= 0.6 is 0 Å². The molecule has 0 aliphatic heterocycles. The first-order valence-electron chi connectivity index (χ1n) is 14.2. The second kappa shape index (κ2) is 7.93. The molecular formula is C38H21N3O. The van der Waals surface area contributed by atoms with Crippen LogP contribution < -0.4 is 0 Å². The lowest BCUT2D eigenvalue weighted by molar-refractivity contribution is 0.664. The Morgan fingerprint density at radius 3 is 1.71 bits per heavy atom. The van der Waals surface area contributed by atoms with Gasteiger partial charge in [0.25, 0.3) is 0 Å². The van der Waals surface area contributed by atoms with Crippen LogP contribution in [-0.4, -0.2) is 14.5 Å². The van der Waals surface area contributed by atoms with Gasteiger partial charge >= 0.3 is 0 Å². The SMILES string of the molecule is c1ccc2cc(-c3nc4ccccc4nc3-n3c4ccc5cccc6oc7cccc8ccc3c(c87)c4c56)ccc2c1. The summed E-state index contributed by atoms with van der Waals surface area (Å²) in [6, 6.07) is 44.6. The van der Waals surface area contributed by atoms with Crippen LogP contribution in [0.5, 0.6) is 0 Å². The van der Waals surface area contributed by atoms with Gasteiger partial charge in [0.1, 0.15) is 16.9 Å². The molecule has 4 nitrogen and oxygen atoms in total. The minimum Gasteiger partial charge on any atom is -0.456 e. The fourth-order valence-electron chi connectivity index (χ4n) is 6.87. The van der Waals surface area contributed by atoms with E-state index in [2.05, 4.69) is 108 Å². The third kappa shape index (κ3) is 2.85. The average molecular weight is 536 g/mol. The maximum absolute atomic E-state index is 6.61. The maximum Gasteiger partial charge on any atom is 0.165 e. The van der Waals surface area contributed by atoms with Crippen molar-refractivity contribution in [3.63, 3.8) is 0 Å². The minimum atomic E-state index is 0.819. The number of aromatic nitrogens is 3. The molecule has 194 valence electrons. The smallest absolute Gasteiger partial charge is 0.165 e. The van der Waals surface area contributed by atoms with Crippen molar-refractivity contribution in [2.45, 2.75) is 0 Å². The molecule has 4 heteroatoms. The van der Waals surface area contributed by atoms with Crippen molar-refractivity contribution in [1.29, 1.82) is 0 Å². The Kier molecular flexibility index (Phi) is 4.15. The van der Waals surface area contributed by atoms with Crippen molar-refractivity contribution in [3.8, 4) is 17.1 Å². The number of fused-ring (bicyclic) bond motifs is 2. The molecule has 0 atom stereocenters. The van der Waals surface area contributed by atoms with Crippen molar-refractivity contribution in [2.75, 3.05) is 0 Å². The highest BCUT2D eigenvalue weighted by atomic mass is 16.3. The van der Waals surface area contributed by atoms with Crippen molar-refractivity contribution in [3.05, 3.63) is 127 Å². The Morgan fingerprint density at radius 1 is 0.452 bits per heavy atom. The highest BCUT2D eigenvalue weighted by molar-refractivity contribution is 6.33. The molecule has 0 bridgehead atoms. The lowest BCUT2D eigenvalue weighted by Crippen LogP contribution is -2.03. The molecule has 3 aromatic heterocycles. The molecule has 10 rings (SSSR count). The fourth-order valence-corrected chi connectivity index (χ4v) is 6.87. The summed E-state index contributed by atoms with van der Waals surface area (Å²) in [5, 5.41) is 9.32. The molecule has 0 saturated carbocycles. The predicted molar refractivity (Wildman–Crippen MR) is 173 cm³/mol. The van der Waals surface area contributed by atoms with Crippen LogP contribution in [0.25, 0.3) is 93.4 Å². The summed E-state index contributed by atoms with van der Waals surface area (Å²) in [6.07, 6.45) is 0. The Balaban J connectivity index is 1.43. The summed E-state index contributed by atoms with van der Waals surface area (Å²) < 4.78 is 8.93. The first-order chi connectivity index (χ1) is 20.8.